The number of hydrogen-bond donors (Lipinski definition) is 0. The second kappa shape index (κ2) is 10.1. The minimum absolute atomic E-state index is 0.0631. The fourth-order valence-electron chi connectivity index (χ4n) is 2.24. The molecule has 206 valence electrons. The van der Waals surface area contributed by atoms with Gasteiger partial charge in [0.15, 0.2) is 0 Å². The summed E-state index contributed by atoms with van der Waals surface area (Å²) < 4.78 is 201. The van der Waals surface area contributed by atoms with E-state index in [1.807, 2.05) is 0 Å². The second-order valence-electron chi connectivity index (χ2n) is 6.84. The van der Waals surface area contributed by atoms with Crippen LogP contribution in [0.2, 0.25) is 0 Å². The summed E-state index contributed by atoms with van der Waals surface area (Å²) in [7, 11) is 0. The minimum Gasteiger partial charge on any atom is -0.462 e. The van der Waals surface area contributed by atoms with Crippen molar-refractivity contribution in [2.75, 3.05) is 6.61 Å². The maximum absolute atomic E-state index is 13.8. The van der Waals surface area contributed by atoms with Gasteiger partial charge in [0.05, 0.1) is 12.2 Å². The van der Waals surface area contributed by atoms with E-state index in [1.165, 1.54) is 30.3 Å². The molecule has 36 heavy (non-hydrogen) atoms. The number of halogens is 16. The van der Waals surface area contributed by atoms with E-state index in [4.69, 9.17) is 0 Å². The van der Waals surface area contributed by atoms with Gasteiger partial charge >= 0.3 is 47.7 Å². The number of rotatable bonds is 10. The number of alkyl halides is 15. The summed E-state index contributed by atoms with van der Waals surface area (Å²) in [5, 5.41) is 0. The van der Waals surface area contributed by atoms with E-state index in [0.29, 0.717) is 0 Å². The Morgan fingerprint density at radius 2 is 1.11 bits per heavy atom. The molecule has 0 saturated carbocycles. The molecule has 0 radical (unpaired) electrons. The zero-order chi connectivity index (χ0) is 28.6. The molecule has 1 rings (SSSR count). The van der Waals surface area contributed by atoms with Gasteiger partial charge < -0.3 is 4.74 Å². The lowest BCUT2D eigenvalue weighted by molar-refractivity contribution is -0.449. The van der Waals surface area contributed by atoms with Crippen LogP contribution in [0.1, 0.15) is 16.8 Å². The van der Waals surface area contributed by atoms with Gasteiger partial charge in [0, 0.05) is 12.5 Å². The van der Waals surface area contributed by atoms with Crippen molar-refractivity contribution >= 4 is 28.6 Å². The third kappa shape index (κ3) is 5.51. The van der Waals surface area contributed by atoms with Crippen LogP contribution >= 0.6 is 22.6 Å². The number of carbonyl (C=O) groups excluding carboxylic acids is 1. The van der Waals surface area contributed by atoms with Crippen LogP contribution < -0.4 is 0 Å². The number of hydrogen-bond acceptors (Lipinski definition) is 2. The summed E-state index contributed by atoms with van der Waals surface area (Å²) >= 11 is 0.764. The highest BCUT2D eigenvalue weighted by atomic mass is 127. The Balaban J connectivity index is 3.20. The molecule has 1 aromatic rings. The zero-order valence-electron chi connectivity index (χ0n) is 16.7. The van der Waals surface area contributed by atoms with Crippen molar-refractivity contribution in [3.8, 4) is 0 Å². The molecule has 0 aliphatic carbocycles. The van der Waals surface area contributed by atoms with Crippen LogP contribution in [0.4, 0.5) is 65.9 Å². The molecule has 18 heteroatoms. The van der Waals surface area contributed by atoms with Gasteiger partial charge in [0.2, 0.25) is 0 Å². The first-order chi connectivity index (χ1) is 15.9. The minimum atomic E-state index is -8.34. The van der Waals surface area contributed by atoms with Crippen LogP contribution in [0.5, 0.6) is 0 Å². The summed E-state index contributed by atoms with van der Waals surface area (Å²) in [6.07, 6.45) is -9.73. The summed E-state index contributed by atoms with van der Waals surface area (Å²) in [6, 6.07) is 6.72. The maximum Gasteiger partial charge on any atom is 0.460 e. The molecule has 0 spiro atoms. The quantitative estimate of drug-likeness (QED) is 0.144. The molecular formula is C18H10F15IO2. The van der Waals surface area contributed by atoms with E-state index < -0.39 is 70.4 Å². The van der Waals surface area contributed by atoms with E-state index >= 15 is 0 Å². The van der Waals surface area contributed by atoms with Crippen molar-refractivity contribution in [3.63, 3.8) is 0 Å². The molecule has 0 amide bonds. The number of allylic oxidation sites excluding steroid dienone is 1. The van der Waals surface area contributed by atoms with Crippen LogP contribution in [0.15, 0.2) is 40.0 Å². The molecule has 1 aromatic carbocycles. The van der Waals surface area contributed by atoms with Crippen molar-refractivity contribution in [1.82, 2.24) is 0 Å². The van der Waals surface area contributed by atoms with Crippen LogP contribution in [0, 0.1) is 0 Å². The summed E-state index contributed by atoms with van der Waals surface area (Å²) in [5.74, 6) is -48.0. The Hall–Kier alpha value is -1.89. The van der Waals surface area contributed by atoms with E-state index in [9.17, 15) is 70.7 Å². The maximum atomic E-state index is 13.8. The van der Waals surface area contributed by atoms with E-state index in [-0.39, 0.29) is 5.56 Å². The molecule has 0 saturated heterocycles. The van der Waals surface area contributed by atoms with E-state index in [1.54, 1.807) is 0 Å². The first kappa shape index (κ1) is 32.1. The topological polar surface area (TPSA) is 26.3 Å². The highest BCUT2D eigenvalue weighted by Gasteiger charge is 2.93. The molecule has 2 nitrogen and oxygen atoms in total. The lowest BCUT2D eigenvalue weighted by atomic mass is 9.91. The first-order valence-corrected chi connectivity index (χ1v) is 9.89. The summed E-state index contributed by atoms with van der Waals surface area (Å²) in [4.78, 5) is 11.7. The predicted octanol–water partition coefficient (Wildman–Crippen LogP) is 7.93. The molecule has 0 bridgehead atoms. The van der Waals surface area contributed by atoms with Gasteiger partial charge in [-0.25, -0.2) is 4.79 Å². The van der Waals surface area contributed by atoms with Gasteiger partial charge in [-0.05, 0) is 38.3 Å². The molecule has 0 aromatic heterocycles. The Morgan fingerprint density at radius 3 is 1.56 bits per heavy atom. The molecule has 0 heterocycles. The SMILES string of the molecule is O=C(OCCC(I)=CC(F)(F)C(F)(F)C(F)(F)C(F)(F)C(F)(F)C(F)(F)C(F)(F)F)c1ccccc1. The van der Waals surface area contributed by atoms with E-state index in [0.717, 1.165) is 22.6 Å². The lowest BCUT2D eigenvalue weighted by Gasteiger charge is -2.41. The largest absolute Gasteiger partial charge is 0.462 e. The third-order valence-corrected chi connectivity index (χ3v) is 5.12. The molecule has 0 N–H and O–H groups in total. The van der Waals surface area contributed by atoms with Crippen LogP contribution in [0.3, 0.4) is 0 Å². The summed E-state index contributed by atoms with van der Waals surface area (Å²) in [5.41, 5.74) is -0.0631. The lowest BCUT2D eigenvalue weighted by Crippen LogP contribution is -2.72. The molecule has 0 aliphatic heterocycles. The van der Waals surface area contributed by atoms with Gasteiger partial charge in [-0.2, -0.15) is 65.9 Å². The van der Waals surface area contributed by atoms with Crippen LogP contribution in [-0.4, -0.2) is 54.3 Å². The normalized spacial score (nSPS) is 15.2. The van der Waals surface area contributed by atoms with Crippen molar-refractivity contribution in [1.29, 1.82) is 0 Å². The van der Waals surface area contributed by atoms with Crippen LogP contribution in [-0.2, 0) is 4.74 Å². The number of esters is 1. The molecule has 0 fully saturated rings. The Morgan fingerprint density at radius 1 is 0.694 bits per heavy atom. The average molecular weight is 670 g/mol. The molecule has 0 atom stereocenters. The van der Waals surface area contributed by atoms with Crippen molar-refractivity contribution < 1.29 is 75.4 Å². The van der Waals surface area contributed by atoms with Gasteiger partial charge in [-0.1, -0.05) is 18.2 Å². The van der Waals surface area contributed by atoms with Gasteiger partial charge in [0.25, 0.3) is 0 Å². The fourth-order valence-corrected chi connectivity index (χ4v) is 2.85. The van der Waals surface area contributed by atoms with Gasteiger partial charge in [-0.15, -0.1) is 0 Å². The third-order valence-electron chi connectivity index (χ3n) is 4.27. The van der Waals surface area contributed by atoms with Gasteiger partial charge in [0.1, 0.15) is 0 Å². The smallest absolute Gasteiger partial charge is 0.460 e. The first-order valence-electron chi connectivity index (χ1n) is 8.81. The van der Waals surface area contributed by atoms with E-state index in [2.05, 4.69) is 4.74 Å². The molecular weight excluding hydrogens is 660 g/mol. The Labute approximate surface area is 204 Å². The molecule has 0 unspecified atom stereocenters. The van der Waals surface area contributed by atoms with Crippen molar-refractivity contribution in [2.24, 2.45) is 0 Å². The zero-order valence-corrected chi connectivity index (χ0v) is 18.9. The highest BCUT2D eigenvalue weighted by Crippen LogP contribution is 2.62. The second-order valence-corrected chi connectivity index (χ2v) is 8.22. The number of benzene rings is 1. The fraction of sp³-hybridized carbons (Fsp3) is 0.500. The standard InChI is InChI=1S/C18H10F15IO2/c19-12(20,8-10(34)6-7-36-11(35)9-4-2-1-3-5-9)13(21,22)14(23,24)15(25,26)16(27,28)17(29,30)18(31,32)33/h1-5,8H,6-7H2. The molecule has 0 aliphatic rings. The highest BCUT2D eigenvalue weighted by molar-refractivity contribution is 14.1. The van der Waals surface area contributed by atoms with Crippen molar-refractivity contribution in [3.05, 3.63) is 45.6 Å². The number of ether oxygens (including phenoxy) is 1. The Kier molecular flexibility index (Phi) is 9.03. The summed E-state index contributed by atoms with van der Waals surface area (Å²) in [6.45, 7) is -0.868. The van der Waals surface area contributed by atoms with Crippen molar-refractivity contribution in [2.45, 2.75) is 48.1 Å². The van der Waals surface area contributed by atoms with Crippen LogP contribution in [0.25, 0.3) is 0 Å². The predicted molar refractivity (Wildman–Crippen MR) is 99.2 cm³/mol. The monoisotopic (exact) mass is 670 g/mol. The average Bonchev–Trinajstić information content (AvgIpc) is 2.72. The number of carbonyl (C=O) groups is 1. The Bertz CT molecular complexity index is 955. The van der Waals surface area contributed by atoms with Gasteiger partial charge in [-0.3, -0.25) is 0 Å².